The number of hydrogen-bond donors (Lipinski definition) is 3. The summed E-state index contributed by atoms with van der Waals surface area (Å²) in [5.41, 5.74) is 0. The number of carbonyl (C=O) groups is 1. The third-order valence-electron chi connectivity index (χ3n) is 6.07. The van der Waals surface area contributed by atoms with Crippen LogP contribution in [0.5, 0.6) is 0 Å². The zero-order chi connectivity index (χ0) is 16.4. The summed E-state index contributed by atoms with van der Waals surface area (Å²) in [4.78, 5) is 15.4. The molecule has 23 heavy (non-hydrogen) atoms. The number of hydrogen-bond acceptors (Lipinski definition) is 5. The quantitative estimate of drug-likeness (QED) is 0.624. The Morgan fingerprint density at radius 2 is 1.65 bits per heavy atom. The summed E-state index contributed by atoms with van der Waals surface area (Å²) in [6.07, 6.45) is 5.26. The molecule has 3 fully saturated rings. The first-order chi connectivity index (χ1) is 11.1. The highest BCUT2D eigenvalue weighted by atomic mass is 16.4. The molecule has 1 saturated carbocycles. The molecule has 0 spiro atoms. The Hall–Kier alpha value is -0.690. The summed E-state index contributed by atoms with van der Waals surface area (Å²) >= 11 is 0. The first-order valence-electron chi connectivity index (χ1n) is 9.06. The highest BCUT2D eigenvalue weighted by molar-refractivity contribution is 5.48. The van der Waals surface area contributed by atoms with Gasteiger partial charge in [-0.2, -0.15) is 0 Å². The summed E-state index contributed by atoms with van der Waals surface area (Å²) in [5, 5.41) is 29.3. The van der Waals surface area contributed by atoms with Crippen LogP contribution in [-0.4, -0.2) is 82.1 Å². The van der Waals surface area contributed by atoms with Gasteiger partial charge in [-0.05, 0) is 37.5 Å². The van der Waals surface area contributed by atoms with E-state index in [2.05, 4.69) is 4.90 Å². The van der Waals surface area contributed by atoms with Crippen LogP contribution in [0.2, 0.25) is 0 Å². The minimum atomic E-state index is -1.03. The van der Waals surface area contributed by atoms with Crippen LogP contribution in [-0.2, 0) is 4.79 Å². The third kappa shape index (κ3) is 3.87. The highest BCUT2D eigenvalue weighted by Crippen LogP contribution is 2.36. The molecule has 0 bridgehead atoms. The van der Waals surface area contributed by atoms with Gasteiger partial charge < -0.3 is 20.2 Å². The second-order valence-electron chi connectivity index (χ2n) is 7.69. The summed E-state index contributed by atoms with van der Waals surface area (Å²) < 4.78 is 0. The van der Waals surface area contributed by atoms with E-state index in [1.165, 1.54) is 25.7 Å². The lowest BCUT2D eigenvalue weighted by Crippen LogP contribution is -2.57. The van der Waals surface area contributed by atoms with Gasteiger partial charge in [0.05, 0.1) is 12.2 Å². The second-order valence-corrected chi connectivity index (χ2v) is 7.69. The number of aliphatic hydroxyl groups excluding tert-OH is 3. The third-order valence-corrected chi connectivity index (χ3v) is 6.07. The van der Waals surface area contributed by atoms with E-state index in [0.717, 1.165) is 32.3 Å². The number of rotatable bonds is 4. The molecule has 4 atom stereocenters. The van der Waals surface area contributed by atoms with Crippen molar-refractivity contribution in [3.8, 4) is 0 Å². The lowest BCUT2D eigenvalue weighted by atomic mass is 9.83. The SMILES string of the molecule is O=CN1CCC(CN2CC(O)C(O)C(O)C2)CC1C1CCCC1. The van der Waals surface area contributed by atoms with Crippen molar-refractivity contribution in [2.75, 3.05) is 26.2 Å². The Morgan fingerprint density at radius 1 is 1.00 bits per heavy atom. The number of amides is 1. The van der Waals surface area contributed by atoms with Crippen molar-refractivity contribution in [2.24, 2.45) is 11.8 Å². The zero-order valence-corrected chi connectivity index (χ0v) is 13.8. The molecule has 0 aromatic carbocycles. The van der Waals surface area contributed by atoms with Gasteiger partial charge in [-0.25, -0.2) is 0 Å². The average Bonchev–Trinajstić information content (AvgIpc) is 3.07. The molecule has 4 unspecified atom stereocenters. The van der Waals surface area contributed by atoms with Crippen LogP contribution in [0.1, 0.15) is 38.5 Å². The number of nitrogens with zero attached hydrogens (tertiary/aromatic N) is 2. The Morgan fingerprint density at radius 3 is 2.26 bits per heavy atom. The van der Waals surface area contributed by atoms with Crippen LogP contribution in [0.4, 0.5) is 0 Å². The average molecular weight is 326 g/mol. The van der Waals surface area contributed by atoms with Gasteiger partial charge in [-0.3, -0.25) is 9.69 Å². The van der Waals surface area contributed by atoms with E-state index < -0.39 is 18.3 Å². The molecule has 6 nitrogen and oxygen atoms in total. The van der Waals surface area contributed by atoms with E-state index in [0.29, 0.717) is 31.0 Å². The zero-order valence-electron chi connectivity index (χ0n) is 13.8. The lowest BCUT2D eigenvalue weighted by Gasteiger charge is -2.43. The molecule has 2 aliphatic heterocycles. The number of β-amino-alcohol motifs (C(OH)–C–C–N with tert-alkyl or cyclic N) is 2. The lowest BCUT2D eigenvalue weighted by molar-refractivity contribution is -0.125. The van der Waals surface area contributed by atoms with Crippen molar-refractivity contribution in [3.63, 3.8) is 0 Å². The molecule has 2 saturated heterocycles. The molecule has 132 valence electrons. The van der Waals surface area contributed by atoms with Gasteiger partial charge >= 0.3 is 0 Å². The molecule has 3 rings (SSSR count). The number of carbonyl (C=O) groups excluding carboxylic acids is 1. The molecular weight excluding hydrogens is 296 g/mol. The maximum absolute atomic E-state index is 11.4. The van der Waals surface area contributed by atoms with Gasteiger partial charge in [0, 0.05) is 32.2 Å². The molecule has 0 aromatic rings. The fourth-order valence-corrected chi connectivity index (χ4v) is 4.78. The monoisotopic (exact) mass is 326 g/mol. The van der Waals surface area contributed by atoms with Gasteiger partial charge in [-0.1, -0.05) is 12.8 Å². The summed E-state index contributed by atoms with van der Waals surface area (Å²) in [7, 11) is 0. The van der Waals surface area contributed by atoms with Crippen molar-refractivity contribution in [3.05, 3.63) is 0 Å². The van der Waals surface area contributed by atoms with Crippen molar-refractivity contribution < 1.29 is 20.1 Å². The summed E-state index contributed by atoms with van der Waals surface area (Å²) in [6.45, 7) is 2.48. The molecule has 1 aliphatic carbocycles. The predicted octanol–water partition coefficient (Wildman–Crippen LogP) is -0.188. The molecule has 2 heterocycles. The van der Waals surface area contributed by atoms with E-state index in [4.69, 9.17) is 0 Å². The maximum atomic E-state index is 11.4. The van der Waals surface area contributed by atoms with E-state index >= 15 is 0 Å². The minimum Gasteiger partial charge on any atom is -0.389 e. The fourth-order valence-electron chi connectivity index (χ4n) is 4.78. The smallest absolute Gasteiger partial charge is 0.209 e. The molecule has 3 N–H and O–H groups in total. The van der Waals surface area contributed by atoms with Gasteiger partial charge in [0.1, 0.15) is 6.10 Å². The topological polar surface area (TPSA) is 84.2 Å². The Bertz CT molecular complexity index is 390. The normalized spacial score (nSPS) is 40.5. The van der Waals surface area contributed by atoms with Crippen molar-refractivity contribution in [2.45, 2.75) is 62.9 Å². The molecule has 6 heteroatoms. The first-order valence-corrected chi connectivity index (χ1v) is 9.06. The van der Waals surface area contributed by atoms with Gasteiger partial charge in [0.15, 0.2) is 0 Å². The van der Waals surface area contributed by atoms with E-state index in [1.54, 1.807) is 0 Å². The molecular formula is C17H30N2O4. The standard InChI is InChI=1S/C17H30N2O4/c20-11-19-6-5-12(7-14(19)13-3-1-2-4-13)8-18-9-15(21)17(23)16(22)10-18/h11-17,21-23H,1-10H2. The highest BCUT2D eigenvalue weighted by Gasteiger charge is 2.38. The van der Waals surface area contributed by atoms with E-state index in [-0.39, 0.29) is 0 Å². The Balaban J connectivity index is 1.57. The molecule has 0 aromatic heterocycles. The number of piperidine rings is 2. The largest absolute Gasteiger partial charge is 0.389 e. The molecule has 0 radical (unpaired) electrons. The van der Waals surface area contributed by atoms with Crippen molar-refractivity contribution >= 4 is 6.41 Å². The number of aliphatic hydroxyl groups is 3. The predicted molar refractivity (Wildman–Crippen MR) is 85.7 cm³/mol. The van der Waals surface area contributed by atoms with Crippen LogP contribution >= 0.6 is 0 Å². The van der Waals surface area contributed by atoms with E-state index in [9.17, 15) is 20.1 Å². The van der Waals surface area contributed by atoms with Crippen LogP contribution in [0.15, 0.2) is 0 Å². The van der Waals surface area contributed by atoms with Crippen LogP contribution in [0.25, 0.3) is 0 Å². The number of likely N-dealkylation sites (tertiary alicyclic amines) is 2. The Labute approximate surface area is 138 Å². The van der Waals surface area contributed by atoms with Crippen molar-refractivity contribution in [1.29, 1.82) is 0 Å². The first kappa shape index (κ1) is 17.1. The summed E-state index contributed by atoms with van der Waals surface area (Å²) in [5.74, 6) is 1.13. The van der Waals surface area contributed by atoms with Crippen molar-refractivity contribution in [1.82, 2.24) is 9.80 Å². The van der Waals surface area contributed by atoms with E-state index in [1.807, 2.05) is 4.90 Å². The Kier molecular flexibility index (Phi) is 5.57. The minimum absolute atomic E-state index is 0.360. The van der Waals surface area contributed by atoms with Crippen LogP contribution in [0.3, 0.4) is 0 Å². The van der Waals surface area contributed by atoms with Gasteiger partial charge in [0.2, 0.25) is 6.41 Å². The van der Waals surface area contributed by atoms with Gasteiger partial charge in [-0.15, -0.1) is 0 Å². The van der Waals surface area contributed by atoms with Crippen LogP contribution in [0, 0.1) is 11.8 Å². The maximum Gasteiger partial charge on any atom is 0.209 e. The fraction of sp³-hybridized carbons (Fsp3) is 0.941. The molecule has 3 aliphatic rings. The van der Waals surface area contributed by atoms with Gasteiger partial charge in [0.25, 0.3) is 0 Å². The summed E-state index contributed by atoms with van der Waals surface area (Å²) in [6, 6.07) is 0.360. The second kappa shape index (κ2) is 7.47. The van der Waals surface area contributed by atoms with Crippen LogP contribution < -0.4 is 0 Å². The molecule has 1 amide bonds.